The van der Waals surface area contributed by atoms with E-state index in [1.54, 1.807) is 0 Å². The van der Waals surface area contributed by atoms with Crippen molar-refractivity contribution >= 4 is 11.8 Å². The standard InChI is InChI=1S/C11H20N2S/c1-9-4-6-12-11(14-9)5-8-13-7-2-3-10(11)13/h9-10,12H,2-8H2,1H3. The molecule has 3 atom stereocenters. The molecule has 1 N–H and O–H groups in total. The third-order valence-electron chi connectivity index (χ3n) is 4.06. The van der Waals surface area contributed by atoms with Gasteiger partial charge in [0.1, 0.15) is 0 Å². The van der Waals surface area contributed by atoms with Crippen LogP contribution in [-0.2, 0) is 0 Å². The molecule has 3 aliphatic rings. The lowest BCUT2D eigenvalue weighted by molar-refractivity contribution is 0.281. The van der Waals surface area contributed by atoms with Crippen LogP contribution in [0.2, 0.25) is 0 Å². The number of hydrogen-bond acceptors (Lipinski definition) is 3. The third kappa shape index (κ3) is 1.33. The molecule has 0 saturated carbocycles. The summed E-state index contributed by atoms with van der Waals surface area (Å²) >= 11 is 2.22. The number of hydrogen-bond donors (Lipinski definition) is 1. The fourth-order valence-corrected chi connectivity index (χ4v) is 5.16. The first-order valence-electron chi connectivity index (χ1n) is 5.97. The second-order valence-electron chi connectivity index (χ2n) is 4.98. The van der Waals surface area contributed by atoms with Gasteiger partial charge < -0.3 is 5.32 Å². The minimum Gasteiger partial charge on any atom is -0.301 e. The van der Waals surface area contributed by atoms with E-state index in [9.17, 15) is 0 Å². The minimum atomic E-state index is 0.439. The van der Waals surface area contributed by atoms with Crippen LogP contribution in [0.25, 0.3) is 0 Å². The fourth-order valence-electron chi connectivity index (χ4n) is 3.39. The fraction of sp³-hybridized carbons (Fsp3) is 1.00. The maximum atomic E-state index is 3.82. The first-order valence-corrected chi connectivity index (χ1v) is 6.85. The van der Waals surface area contributed by atoms with Crippen LogP contribution in [0, 0.1) is 0 Å². The van der Waals surface area contributed by atoms with Gasteiger partial charge in [-0.2, -0.15) is 0 Å². The molecule has 3 fully saturated rings. The van der Waals surface area contributed by atoms with E-state index in [0.717, 1.165) is 11.3 Å². The third-order valence-corrected chi connectivity index (χ3v) is 5.74. The maximum Gasteiger partial charge on any atom is 0.0817 e. The first-order chi connectivity index (χ1) is 6.80. The van der Waals surface area contributed by atoms with Crippen molar-refractivity contribution in [2.75, 3.05) is 19.6 Å². The summed E-state index contributed by atoms with van der Waals surface area (Å²) in [6.07, 6.45) is 5.56. The molecule has 14 heavy (non-hydrogen) atoms. The first kappa shape index (κ1) is 9.49. The van der Waals surface area contributed by atoms with Crippen molar-refractivity contribution in [3.63, 3.8) is 0 Å². The Bertz CT molecular complexity index is 229. The molecule has 0 aromatic carbocycles. The van der Waals surface area contributed by atoms with Gasteiger partial charge in [-0.25, -0.2) is 0 Å². The van der Waals surface area contributed by atoms with Crippen molar-refractivity contribution in [3.8, 4) is 0 Å². The Labute approximate surface area is 90.8 Å². The molecule has 3 aliphatic heterocycles. The van der Waals surface area contributed by atoms with Gasteiger partial charge in [-0.1, -0.05) is 6.92 Å². The summed E-state index contributed by atoms with van der Waals surface area (Å²) in [5.74, 6) is 0. The molecule has 3 saturated heterocycles. The highest BCUT2D eigenvalue weighted by molar-refractivity contribution is 8.01. The lowest BCUT2D eigenvalue weighted by Gasteiger charge is -2.41. The van der Waals surface area contributed by atoms with Gasteiger partial charge >= 0.3 is 0 Å². The predicted molar refractivity (Wildman–Crippen MR) is 61.6 cm³/mol. The van der Waals surface area contributed by atoms with Crippen LogP contribution in [0.1, 0.15) is 32.6 Å². The smallest absolute Gasteiger partial charge is 0.0817 e. The number of nitrogens with one attached hydrogen (secondary N) is 1. The van der Waals surface area contributed by atoms with Gasteiger partial charge in [0.25, 0.3) is 0 Å². The summed E-state index contributed by atoms with van der Waals surface area (Å²) in [6, 6.07) is 0.843. The molecular weight excluding hydrogens is 192 g/mol. The number of thioether (sulfide) groups is 1. The van der Waals surface area contributed by atoms with Crippen LogP contribution in [0.5, 0.6) is 0 Å². The topological polar surface area (TPSA) is 15.3 Å². The van der Waals surface area contributed by atoms with Crippen molar-refractivity contribution < 1.29 is 0 Å². The predicted octanol–water partition coefficient (Wildman–Crippen LogP) is 1.67. The molecule has 0 bridgehead atoms. The molecule has 3 unspecified atom stereocenters. The van der Waals surface area contributed by atoms with Gasteiger partial charge in [-0.05, 0) is 38.8 Å². The van der Waals surface area contributed by atoms with E-state index in [1.165, 1.54) is 45.3 Å². The monoisotopic (exact) mass is 212 g/mol. The molecule has 3 heteroatoms. The molecular formula is C11H20N2S. The van der Waals surface area contributed by atoms with Gasteiger partial charge in [0.15, 0.2) is 0 Å². The summed E-state index contributed by atoms with van der Waals surface area (Å²) < 4.78 is 0. The van der Waals surface area contributed by atoms with Crippen LogP contribution in [0.3, 0.4) is 0 Å². The van der Waals surface area contributed by atoms with Crippen LogP contribution >= 0.6 is 11.8 Å². The SMILES string of the molecule is CC1CCNC2(CCN3CCCC32)S1. The van der Waals surface area contributed by atoms with Gasteiger partial charge in [0, 0.05) is 17.8 Å². The molecule has 3 rings (SSSR count). The molecule has 0 aromatic rings. The highest BCUT2D eigenvalue weighted by Crippen LogP contribution is 2.46. The zero-order valence-corrected chi connectivity index (χ0v) is 9.78. The van der Waals surface area contributed by atoms with E-state index < -0.39 is 0 Å². The summed E-state index contributed by atoms with van der Waals surface area (Å²) in [5.41, 5.74) is 0. The lowest BCUT2D eigenvalue weighted by Crippen LogP contribution is -2.54. The molecule has 3 heterocycles. The van der Waals surface area contributed by atoms with Gasteiger partial charge in [-0.3, -0.25) is 4.90 Å². The van der Waals surface area contributed by atoms with Crippen molar-refractivity contribution in [1.82, 2.24) is 10.2 Å². The largest absolute Gasteiger partial charge is 0.301 e. The average molecular weight is 212 g/mol. The molecule has 1 spiro atoms. The molecule has 2 nitrogen and oxygen atoms in total. The van der Waals surface area contributed by atoms with Gasteiger partial charge in [0.2, 0.25) is 0 Å². The molecule has 0 radical (unpaired) electrons. The van der Waals surface area contributed by atoms with Gasteiger partial charge in [0.05, 0.1) is 4.87 Å². The summed E-state index contributed by atoms with van der Waals surface area (Å²) in [7, 11) is 0. The van der Waals surface area contributed by atoms with Crippen LogP contribution in [0.15, 0.2) is 0 Å². The zero-order chi connectivity index (χ0) is 9.60. The van der Waals surface area contributed by atoms with E-state index in [-0.39, 0.29) is 0 Å². The maximum absolute atomic E-state index is 3.82. The molecule has 0 aromatic heterocycles. The zero-order valence-electron chi connectivity index (χ0n) is 8.96. The van der Waals surface area contributed by atoms with Crippen LogP contribution in [0.4, 0.5) is 0 Å². The van der Waals surface area contributed by atoms with Crippen LogP contribution in [-0.4, -0.2) is 40.7 Å². The van der Waals surface area contributed by atoms with Gasteiger partial charge in [-0.15, -0.1) is 11.8 Å². The summed E-state index contributed by atoms with van der Waals surface area (Å²) in [6.45, 7) is 6.31. The normalized spacial score (nSPS) is 48.6. The van der Waals surface area contributed by atoms with Crippen molar-refractivity contribution in [1.29, 1.82) is 0 Å². The number of rotatable bonds is 0. The summed E-state index contributed by atoms with van der Waals surface area (Å²) in [4.78, 5) is 3.15. The van der Waals surface area contributed by atoms with E-state index in [0.29, 0.717) is 4.87 Å². The Morgan fingerprint density at radius 1 is 1.36 bits per heavy atom. The van der Waals surface area contributed by atoms with Crippen LogP contribution < -0.4 is 5.32 Å². The second-order valence-corrected chi connectivity index (χ2v) is 6.75. The highest BCUT2D eigenvalue weighted by atomic mass is 32.2. The highest BCUT2D eigenvalue weighted by Gasteiger charge is 2.50. The Balaban J connectivity index is 1.81. The summed E-state index contributed by atoms with van der Waals surface area (Å²) in [5, 5.41) is 4.68. The molecule has 80 valence electrons. The Kier molecular flexibility index (Phi) is 2.30. The van der Waals surface area contributed by atoms with E-state index in [4.69, 9.17) is 0 Å². The Hall–Kier alpha value is 0.270. The molecule has 0 aliphatic carbocycles. The quantitative estimate of drug-likeness (QED) is 0.657. The average Bonchev–Trinajstić information content (AvgIpc) is 2.72. The lowest BCUT2D eigenvalue weighted by atomic mass is 10.1. The Morgan fingerprint density at radius 3 is 3.14 bits per heavy atom. The minimum absolute atomic E-state index is 0.439. The second kappa shape index (κ2) is 3.39. The Morgan fingerprint density at radius 2 is 2.29 bits per heavy atom. The van der Waals surface area contributed by atoms with Crippen molar-refractivity contribution in [2.24, 2.45) is 0 Å². The number of fused-ring (bicyclic) bond motifs is 2. The van der Waals surface area contributed by atoms with Crippen molar-refractivity contribution in [2.45, 2.75) is 48.8 Å². The van der Waals surface area contributed by atoms with E-state index in [2.05, 4.69) is 28.9 Å². The molecule has 0 amide bonds. The van der Waals surface area contributed by atoms with E-state index >= 15 is 0 Å². The van der Waals surface area contributed by atoms with E-state index in [1.807, 2.05) is 0 Å². The van der Waals surface area contributed by atoms with Crippen molar-refractivity contribution in [3.05, 3.63) is 0 Å². The number of nitrogens with zero attached hydrogens (tertiary/aromatic N) is 1.